The molecule has 1 heterocycles. The molecular weight excluding hydrogens is 340 g/mol. The summed E-state index contributed by atoms with van der Waals surface area (Å²) >= 11 is 0. The van der Waals surface area contributed by atoms with E-state index < -0.39 is 15.6 Å². The lowest BCUT2D eigenvalue weighted by Crippen LogP contribution is -2.48. The van der Waals surface area contributed by atoms with Crippen LogP contribution in [0.1, 0.15) is 26.7 Å². The molecule has 25 heavy (non-hydrogen) atoms. The zero-order valence-corrected chi connectivity index (χ0v) is 16.0. The number of sulfonamides is 1. The second-order valence-electron chi connectivity index (χ2n) is 6.86. The number of piperazine rings is 1. The van der Waals surface area contributed by atoms with Gasteiger partial charge in [0.1, 0.15) is 0 Å². The fourth-order valence-electron chi connectivity index (χ4n) is 2.82. The largest absolute Gasteiger partial charge is 0.324 e. The highest BCUT2D eigenvalue weighted by atomic mass is 32.2. The minimum Gasteiger partial charge on any atom is -0.324 e. The second-order valence-corrected chi connectivity index (χ2v) is 8.79. The fraction of sp³-hybridized carbons (Fsp3) is 0.588. The average molecular weight is 369 g/mol. The van der Waals surface area contributed by atoms with Crippen LogP contribution in [-0.4, -0.2) is 62.3 Å². The Hall–Kier alpha value is -1.48. The Balaban J connectivity index is 2.17. The van der Waals surface area contributed by atoms with Crippen molar-refractivity contribution < 1.29 is 13.2 Å². The lowest BCUT2D eigenvalue weighted by atomic mass is 9.96. The average Bonchev–Trinajstić information content (AvgIpc) is 2.55. The Morgan fingerprint density at radius 3 is 2.52 bits per heavy atom. The Morgan fingerprint density at radius 2 is 1.92 bits per heavy atom. The number of likely N-dealkylation sites (N-methyl/N-ethyl adjacent to an activating group) is 1. The predicted molar refractivity (Wildman–Crippen MR) is 98.8 cm³/mol. The zero-order valence-electron chi connectivity index (χ0n) is 15.2. The Kier molecular flexibility index (Phi) is 6.21. The molecule has 0 aromatic heterocycles. The third-order valence-electron chi connectivity index (χ3n) is 4.48. The number of carbonyl (C=O) groups excluding carboxylic acids is 1. The summed E-state index contributed by atoms with van der Waals surface area (Å²) in [5.74, 6) is -0.316. The van der Waals surface area contributed by atoms with E-state index in [2.05, 4.69) is 10.2 Å². The summed E-state index contributed by atoms with van der Waals surface area (Å²) in [7, 11) is -1.59. The normalized spacial score (nSPS) is 19.4. The third kappa shape index (κ3) is 4.78. The highest BCUT2D eigenvalue weighted by Crippen LogP contribution is 2.22. The van der Waals surface area contributed by atoms with E-state index in [9.17, 15) is 13.2 Å². The number of rotatable bonds is 6. The van der Waals surface area contributed by atoms with E-state index in [0.29, 0.717) is 38.3 Å². The van der Waals surface area contributed by atoms with Crippen molar-refractivity contribution in [2.75, 3.05) is 38.5 Å². The van der Waals surface area contributed by atoms with Gasteiger partial charge in [0.05, 0.1) is 10.4 Å². The smallest absolute Gasteiger partial charge is 0.244 e. The van der Waals surface area contributed by atoms with E-state index in [4.69, 9.17) is 5.73 Å². The monoisotopic (exact) mass is 368 g/mol. The summed E-state index contributed by atoms with van der Waals surface area (Å²) in [4.78, 5) is 14.6. The van der Waals surface area contributed by atoms with Gasteiger partial charge in [-0.1, -0.05) is 19.4 Å². The molecule has 1 saturated heterocycles. The van der Waals surface area contributed by atoms with Crippen molar-refractivity contribution in [3.8, 4) is 0 Å². The third-order valence-corrected chi connectivity index (χ3v) is 6.37. The van der Waals surface area contributed by atoms with Crippen LogP contribution in [0.4, 0.5) is 5.69 Å². The van der Waals surface area contributed by atoms with Crippen molar-refractivity contribution >= 4 is 21.6 Å². The van der Waals surface area contributed by atoms with Crippen LogP contribution in [0.5, 0.6) is 0 Å². The van der Waals surface area contributed by atoms with Crippen molar-refractivity contribution in [3.63, 3.8) is 0 Å². The van der Waals surface area contributed by atoms with E-state index in [1.165, 1.54) is 10.4 Å². The molecule has 1 fully saturated rings. The summed E-state index contributed by atoms with van der Waals surface area (Å²) in [6.45, 7) is 5.98. The maximum atomic E-state index is 12.8. The van der Waals surface area contributed by atoms with Crippen LogP contribution in [0.2, 0.25) is 0 Å². The number of amides is 1. The quantitative estimate of drug-likeness (QED) is 0.783. The summed E-state index contributed by atoms with van der Waals surface area (Å²) in [6, 6.07) is 6.35. The summed E-state index contributed by atoms with van der Waals surface area (Å²) in [5, 5.41) is 2.73. The molecular formula is C17H28N4O3S. The van der Waals surface area contributed by atoms with Gasteiger partial charge in [0.15, 0.2) is 0 Å². The van der Waals surface area contributed by atoms with Crippen LogP contribution in [-0.2, 0) is 14.8 Å². The minimum atomic E-state index is -3.57. The molecule has 1 amide bonds. The molecule has 1 aromatic rings. The molecule has 0 saturated carbocycles. The van der Waals surface area contributed by atoms with Crippen molar-refractivity contribution in [3.05, 3.63) is 24.3 Å². The zero-order chi connectivity index (χ0) is 18.7. The van der Waals surface area contributed by atoms with Crippen LogP contribution in [0.25, 0.3) is 0 Å². The second kappa shape index (κ2) is 7.82. The number of nitrogens with one attached hydrogen (secondary N) is 1. The predicted octanol–water partition coefficient (Wildman–Crippen LogP) is 1.08. The van der Waals surface area contributed by atoms with Gasteiger partial charge in [0.2, 0.25) is 15.9 Å². The van der Waals surface area contributed by atoms with E-state index in [-0.39, 0.29) is 10.8 Å². The number of benzene rings is 1. The van der Waals surface area contributed by atoms with Crippen LogP contribution in [0, 0.1) is 0 Å². The summed E-state index contributed by atoms with van der Waals surface area (Å²) < 4.78 is 27.1. The molecule has 1 aliphatic heterocycles. The van der Waals surface area contributed by atoms with E-state index in [1.54, 1.807) is 25.1 Å². The van der Waals surface area contributed by atoms with E-state index >= 15 is 0 Å². The molecule has 2 rings (SSSR count). The van der Waals surface area contributed by atoms with Crippen LogP contribution in [0.15, 0.2) is 29.2 Å². The molecule has 0 bridgehead atoms. The molecule has 1 unspecified atom stereocenters. The Labute approximate surface area is 150 Å². The van der Waals surface area contributed by atoms with Gasteiger partial charge >= 0.3 is 0 Å². The number of hydrogen-bond donors (Lipinski definition) is 2. The van der Waals surface area contributed by atoms with Gasteiger partial charge in [-0.15, -0.1) is 0 Å². The topological polar surface area (TPSA) is 95.7 Å². The number of hydrogen-bond acceptors (Lipinski definition) is 5. The van der Waals surface area contributed by atoms with Gasteiger partial charge in [-0.3, -0.25) is 4.79 Å². The highest BCUT2D eigenvalue weighted by molar-refractivity contribution is 7.89. The first kappa shape index (κ1) is 19.8. The molecule has 1 aromatic carbocycles. The Bertz CT molecular complexity index is 710. The fourth-order valence-corrected chi connectivity index (χ4v) is 4.29. The molecule has 7 nitrogen and oxygen atoms in total. The molecule has 3 N–H and O–H groups in total. The van der Waals surface area contributed by atoms with Crippen LogP contribution in [0.3, 0.4) is 0 Å². The number of nitrogens with zero attached hydrogens (tertiary/aromatic N) is 2. The molecule has 0 spiro atoms. The first-order valence-corrected chi connectivity index (χ1v) is 10.00. The standard InChI is InChI=1S/C17H28N4O3S/c1-4-8-17(2,18)16(22)19-14-6-5-7-15(13-14)25(23,24)21-11-9-20(3)10-12-21/h5-7,13H,4,8-12,18H2,1-3H3,(H,19,22). The molecule has 0 aliphatic carbocycles. The lowest BCUT2D eigenvalue weighted by molar-refractivity contribution is -0.120. The van der Waals surface area contributed by atoms with Gasteiger partial charge in [0.25, 0.3) is 0 Å². The van der Waals surface area contributed by atoms with Crippen LogP contribution >= 0.6 is 0 Å². The first-order valence-electron chi connectivity index (χ1n) is 8.56. The number of nitrogens with two attached hydrogens (primary N) is 1. The van der Waals surface area contributed by atoms with Gasteiger partial charge in [0, 0.05) is 31.9 Å². The maximum absolute atomic E-state index is 12.8. The van der Waals surface area contributed by atoms with Gasteiger partial charge < -0.3 is 16.0 Å². The first-order chi connectivity index (χ1) is 11.7. The van der Waals surface area contributed by atoms with E-state index in [0.717, 1.165) is 6.42 Å². The number of anilines is 1. The summed E-state index contributed by atoms with van der Waals surface area (Å²) in [6.07, 6.45) is 1.34. The van der Waals surface area contributed by atoms with Gasteiger partial charge in [-0.05, 0) is 38.6 Å². The van der Waals surface area contributed by atoms with Crippen LogP contribution < -0.4 is 11.1 Å². The maximum Gasteiger partial charge on any atom is 0.244 e. The summed E-state index contributed by atoms with van der Waals surface area (Å²) in [5.41, 5.74) is 5.48. The number of carbonyl (C=O) groups is 1. The van der Waals surface area contributed by atoms with Gasteiger partial charge in [-0.2, -0.15) is 4.31 Å². The lowest BCUT2D eigenvalue weighted by Gasteiger charge is -2.31. The van der Waals surface area contributed by atoms with Crippen molar-refractivity contribution in [1.29, 1.82) is 0 Å². The molecule has 8 heteroatoms. The molecule has 140 valence electrons. The van der Waals surface area contributed by atoms with Crippen molar-refractivity contribution in [2.45, 2.75) is 37.1 Å². The molecule has 0 radical (unpaired) electrons. The van der Waals surface area contributed by atoms with E-state index in [1.807, 2.05) is 14.0 Å². The molecule has 1 atom stereocenters. The highest BCUT2D eigenvalue weighted by Gasteiger charge is 2.29. The van der Waals surface area contributed by atoms with Crippen molar-refractivity contribution in [1.82, 2.24) is 9.21 Å². The van der Waals surface area contributed by atoms with Gasteiger partial charge in [-0.25, -0.2) is 8.42 Å². The van der Waals surface area contributed by atoms with Crippen molar-refractivity contribution in [2.24, 2.45) is 5.73 Å². The SMILES string of the molecule is CCCC(C)(N)C(=O)Nc1cccc(S(=O)(=O)N2CCN(C)CC2)c1. The molecule has 1 aliphatic rings. The Morgan fingerprint density at radius 1 is 1.28 bits per heavy atom. The minimum absolute atomic E-state index is 0.184.